The van der Waals surface area contributed by atoms with Crippen molar-refractivity contribution < 1.29 is 17.7 Å². The van der Waals surface area contributed by atoms with Gasteiger partial charge in [-0.3, -0.25) is 0 Å². The molecular weight excluding hydrogens is 299 g/mol. The minimum absolute atomic E-state index is 0.186. The molecule has 3 rings (SSSR count). The molecule has 1 aliphatic heterocycles. The first-order chi connectivity index (χ1) is 10.0. The van der Waals surface area contributed by atoms with Crippen LogP contribution in [0.2, 0.25) is 0 Å². The van der Waals surface area contributed by atoms with E-state index in [1.807, 2.05) is 46.8 Å². The third-order valence-electron chi connectivity index (χ3n) is 4.99. The maximum Gasteiger partial charge on any atom is 0.494 e. The molecule has 4 nitrogen and oxygen atoms in total. The first kappa shape index (κ1) is 16.0. The molecule has 0 aromatic heterocycles. The Morgan fingerprint density at radius 1 is 1.09 bits per heavy atom. The number of hydrogen-bond donors (Lipinski definition) is 0. The molecule has 1 aromatic rings. The van der Waals surface area contributed by atoms with Gasteiger partial charge in [0.1, 0.15) is 0 Å². The Morgan fingerprint density at radius 2 is 1.64 bits per heavy atom. The second-order valence-corrected chi connectivity index (χ2v) is 9.55. The fourth-order valence-corrected chi connectivity index (χ4v) is 4.56. The maximum absolute atomic E-state index is 12.4. The highest BCUT2D eigenvalue weighted by molar-refractivity contribution is 7.92. The zero-order valence-electron chi connectivity index (χ0n) is 13.8. The molecule has 120 valence electrons. The van der Waals surface area contributed by atoms with Gasteiger partial charge in [0.2, 0.25) is 0 Å². The van der Waals surface area contributed by atoms with E-state index in [-0.39, 0.29) is 5.25 Å². The third kappa shape index (κ3) is 2.51. The molecule has 1 aliphatic carbocycles. The molecule has 1 aromatic carbocycles. The normalized spacial score (nSPS) is 23.8. The van der Waals surface area contributed by atoms with Gasteiger partial charge in [-0.25, -0.2) is 8.42 Å². The van der Waals surface area contributed by atoms with Crippen LogP contribution < -0.4 is 5.46 Å². The number of hydrogen-bond acceptors (Lipinski definition) is 4. The van der Waals surface area contributed by atoms with Crippen molar-refractivity contribution in [3.8, 4) is 0 Å². The lowest BCUT2D eigenvalue weighted by molar-refractivity contribution is 0.00578. The molecule has 22 heavy (non-hydrogen) atoms. The molecule has 6 heteroatoms. The summed E-state index contributed by atoms with van der Waals surface area (Å²) >= 11 is 0. The van der Waals surface area contributed by atoms with Crippen molar-refractivity contribution >= 4 is 22.4 Å². The van der Waals surface area contributed by atoms with Crippen LogP contribution >= 0.6 is 0 Å². The molecule has 0 radical (unpaired) electrons. The highest BCUT2D eigenvalue weighted by Crippen LogP contribution is 2.37. The van der Waals surface area contributed by atoms with Crippen LogP contribution in [0.5, 0.6) is 0 Å². The van der Waals surface area contributed by atoms with Crippen molar-refractivity contribution in [2.24, 2.45) is 0 Å². The van der Waals surface area contributed by atoms with E-state index in [4.69, 9.17) is 9.31 Å². The summed E-state index contributed by atoms with van der Waals surface area (Å²) in [5.41, 5.74) is 0.833. The molecule has 2 aliphatic rings. The fraction of sp³-hybridized carbons (Fsp3) is 0.625. The molecule has 0 amide bonds. The molecule has 0 unspecified atom stereocenters. The topological polar surface area (TPSA) is 52.6 Å². The second-order valence-electron chi connectivity index (χ2n) is 7.36. The van der Waals surface area contributed by atoms with Crippen molar-refractivity contribution in [3.05, 3.63) is 23.8 Å². The van der Waals surface area contributed by atoms with Crippen molar-refractivity contribution in [2.75, 3.05) is 0 Å². The van der Waals surface area contributed by atoms with E-state index in [0.29, 0.717) is 4.90 Å². The fourth-order valence-electron chi connectivity index (χ4n) is 2.68. The highest BCUT2D eigenvalue weighted by atomic mass is 32.2. The van der Waals surface area contributed by atoms with Gasteiger partial charge in [-0.05, 0) is 64.6 Å². The van der Waals surface area contributed by atoms with Crippen LogP contribution in [0.1, 0.15) is 46.1 Å². The Morgan fingerprint density at radius 3 is 2.09 bits per heavy atom. The first-order valence-corrected chi connectivity index (χ1v) is 9.29. The van der Waals surface area contributed by atoms with E-state index in [0.717, 1.165) is 23.9 Å². The second kappa shape index (κ2) is 4.82. The summed E-state index contributed by atoms with van der Waals surface area (Å²) < 4.78 is 36.8. The van der Waals surface area contributed by atoms with Crippen LogP contribution in [0.4, 0.5) is 0 Å². The van der Waals surface area contributed by atoms with Crippen LogP contribution in [0.3, 0.4) is 0 Å². The number of aryl methyl sites for hydroxylation is 1. The van der Waals surface area contributed by atoms with Gasteiger partial charge in [-0.15, -0.1) is 0 Å². The summed E-state index contributed by atoms with van der Waals surface area (Å²) in [6.45, 7) is 9.86. The van der Waals surface area contributed by atoms with E-state index in [9.17, 15) is 8.42 Å². The Balaban J connectivity index is 1.91. The monoisotopic (exact) mass is 322 g/mol. The Labute approximate surface area is 133 Å². The molecule has 1 saturated heterocycles. The van der Waals surface area contributed by atoms with Crippen LogP contribution in [-0.4, -0.2) is 32.0 Å². The Bertz CT molecular complexity index is 689. The summed E-state index contributed by atoms with van der Waals surface area (Å²) in [4.78, 5) is 0.440. The van der Waals surface area contributed by atoms with Gasteiger partial charge in [0.25, 0.3) is 0 Å². The quantitative estimate of drug-likeness (QED) is 0.801. The van der Waals surface area contributed by atoms with Gasteiger partial charge in [0.15, 0.2) is 9.84 Å². The summed E-state index contributed by atoms with van der Waals surface area (Å²) in [7, 11) is -3.62. The van der Waals surface area contributed by atoms with Gasteiger partial charge in [0, 0.05) is 0 Å². The van der Waals surface area contributed by atoms with Crippen LogP contribution in [0, 0.1) is 6.92 Å². The molecule has 1 heterocycles. The predicted octanol–water partition coefficient (Wildman–Crippen LogP) is 2.23. The largest absolute Gasteiger partial charge is 0.494 e. The lowest BCUT2D eigenvalue weighted by atomic mass is 9.78. The zero-order valence-corrected chi connectivity index (χ0v) is 14.7. The van der Waals surface area contributed by atoms with Gasteiger partial charge in [-0.1, -0.05) is 12.1 Å². The average Bonchev–Trinajstić information content (AvgIpc) is 3.18. The Kier molecular flexibility index (Phi) is 3.51. The van der Waals surface area contributed by atoms with E-state index >= 15 is 0 Å². The molecular formula is C16H23BO4S. The van der Waals surface area contributed by atoms with Crippen LogP contribution in [0.15, 0.2) is 23.1 Å². The summed E-state index contributed by atoms with van der Waals surface area (Å²) in [5, 5.41) is -0.186. The van der Waals surface area contributed by atoms with Crippen molar-refractivity contribution in [1.29, 1.82) is 0 Å². The van der Waals surface area contributed by atoms with Crippen molar-refractivity contribution in [3.63, 3.8) is 0 Å². The van der Waals surface area contributed by atoms with E-state index in [1.165, 1.54) is 0 Å². The minimum atomic E-state index is -3.16. The van der Waals surface area contributed by atoms with Gasteiger partial charge < -0.3 is 9.31 Å². The standard InChI is InChI=1S/C16H23BO4S/c1-11-10-12(17-20-15(2,3)16(4,5)21-17)6-9-14(11)22(18,19)13-7-8-13/h6,9-10,13H,7-8H2,1-5H3. The molecule has 0 bridgehead atoms. The SMILES string of the molecule is Cc1cc(B2OC(C)(C)C(C)(C)O2)ccc1S(=O)(=O)C1CC1. The van der Waals surface area contributed by atoms with Crippen LogP contribution in [-0.2, 0) is 19.1 Å². The summed E-state index contributed by atoms with van der Waals surface area (Å²) in [6, 6.07) is 5.38. The molecule has 1 saturated carbocycles. The highest BCUT2D eigenvalue weighted by Gasteiger charge is 2.51. The molecule has 0 N–H and O–H groups in total. The number of sulfone groups is 1. The zero-order chi connectivity index (χ0) is 16.3. The lowest BCUT2D eigenvalue weighted by Crippen LogP contribution is -2.41. The third-order valence-corrected chi connectivity index (χ3v) is 7.41. The maximum atomic E-state index is 12.4. The van der Waals surface area contributed by atoms with Crippen LogP contribution in [0.25, 0.3) is 0 Å². The van der Waals surface area contributed by atoms with Crippen molar-refractivity contribution in [2.45, 2.75) is 68.8 Å². The summed E-state index contributed by atoms with van der Waals surface area (Å²) in [6.07, 6.45) is 1.56. The van der Waals surface area contributed by atoms with Gasteiger partial charge in [0.05, 0.1) is 21.3 Å². The minimum Gasteiger partial charge on any atom is -0.399 e. The van der Waals surface area contributed by atoms with Crippen molar-refractivity contribution in [1.82, 2.24) is 0 Å². The van der Waals surface area contributed by atoms with E-state index in [1.54, 1.807) is 6.07 Å². The smallest absolute Gasteiger partial charge is 0.399 e. The molecule has 2 fully saturated rings. The first-order valence-electron chi connectivity index (χ1n) is 7.75. The van der Waals surface area contributed by atoms with E-state index < -0.39 is 28.2 Å². The molecule has 0 spiro atoms. The molecule has 0 atom stereocenters. The number of rotatable bonds is 3. The van der Waals surface area contributed by atoms with Gasteiger partial charge >= 0.3 is 7.12 Å². The summed E-state index contributed by atoms with van der Waals surface area (Å²) in [5.74, 6) is 0. The number of benzene rings is 1. The Hall–Kier alpha value is -0.845. The van der Waals surface area contributed by atoms with Gasteiger partial charge in [-0.2, -0.15) is 0 Å². The predicted molar refractivity (Wildman–Crippen MR) is 87.1 cm³/mol. The average molecular weight is 322 g/mol. The lowest BCUT2D eigenvalue weighted by Gasteiger charge is -2.32. The van der Waals surface area contributed by atoms with E-state index in [2.05, 4.69) is 0 Å².